The third kappa shape index (κ3) is 4.24. The first-order chi connectivity index (χ1) is 13.4. The maximum Gasteiger partial charge on any atom is 0.325 e. The summed E-state index contributed by atoms with van der Waals surface area (Å²) in [6.45, 7) is -0.566. The van der Waals surface area contributed by atoms with Gasteiger partial charge in [-0.3, -0.25) is 14.4 Å². The van der Waals surface area contributed by atoms with Crippen molar-refractivity contribution in [3.63, 3.8) is 0 Å². The van der Waals surface area contributed by atoms with E-state index in [0.29, 0.717) is 23.4 Å². The van der Waals surface area contributed by atoms with E-state index in [0.717, 1.165) is 23.7 Å². The van der Waals surface area contributed by atoms with Crippen molar-refractivity contribution in [2.24, 2.45) is 23.2 Å². The molecule has 150 valence electrons. The van der Waals surface area contributed by atoms with Crippen LogP contribution in [-0.4, -0.2) is 30.9 Å². The monoisotopic (exact) mass is 448 g/mol. The highest BCUT2D eigenvalue weighted by Crippen LogP contribution is 2.60. The molecule has 7 heteroatoms. The number of hydrogen-bond donors (Lipinski definition) is 2. The lowest BCUT2D eigenvalue weighted by atomic mass is 9.49. The van der Waals surface area contributed by atoms with Crippen LogP contribution in [0.4, 0.5) is 5.69 Å². The molecule has 4 fully saturated rings. The Kier molecular flexibility index (Phi) is 5.45. The van der Waals surface area contributed by atoms with E-state index in [2.05, 4.69) is 26.6 Å². The van der Waals surface area contributed by atoms with Gasteiger partial charge in [-0.25, -0.2) is 0 Å². The molecule has 6 nitrogen and oxygen atoms in total. The van der Waals surface area contributed by atoms with Crippen LogP contribution in [0.5, 0.6) is 0 Å². The predicted molar refractivity (Wildman–Crippen MR) is 107 cm³/mol. The van der Waals surface area contributed by atoms with Crippen LogP contribution >= 0.6 is 15.9 Å². The van der Waals surface area contributed by atoms with Gasteiger partial charge in [0.2, 0.25) is 5.91 Å². The first-order valence-electron chi connectivity index (χ1n) is 9.91. The number of carbonyl (C=O) groups is 3. The van der Waals surface area contributed by atoms with Gasteiger partial charge in [-0.1, -0.05) is 22.0 Å². The van der Waals surface area contributed by atoms with E-state index < -0.39 is 11.9 Å². The fourth-order valence-corrected chi connectivity index (χ4v) is 6.09. The number of rotatable bonds is 6. The Morgan fingerprint density at radius 1 is 1.07 bits per heavy atom. The molecule has 0 saturated heterocycles. The molecular weight excluding hydrogens is 424 g/mol. The first-order valence-corrected chi connectivity index (χ1v) is 10.7. The fraction of sp³-hybridized carbons (Fsp3) is 0.571. The maximum atomic E-state index is 12.8. The van der Waals surface area contributed by atoms with E-state index in [9.17, 15) is 14.4 Å². The molecule has 2 amide bonds. The quantitative estimate of drug-likeness (QED) is 0.653. The normalized spacial score (nSPS) is 30.0. The Bertz CT molecular complexity index is 759. The van der Waals surface area contributed by atoms with Crippen molar-refractivity contribution in [1.82, 2.24) is 5.32 Å². The van der Waals surface area contributed by atoms with Crippen molar-refractivity contribution >= 4 is 39.4 Å². The summed E-state index contributed by atoms with van der Waals surface area (Å²) in [4.78, 5) is 36.7. The van der Waals surface area contributed by atoms with Crippen LogP contribution in [0.15, 0.2) is 28.7 Å². The predicted octanol–water partition coefficient (Wildman–Crippen LogP) is 3.26. The molecular formula is C21H25BrN2O4. The van der Waals surface area contributed by atoms with Crippen LogP contribution in [-0.2, 0) is 19.1 Å². The Hall–Kier alpha value is -1.89. The largest absolute Gasteiger partial charge is 0.454 e. The van der Waals surface area contributed by atoms with Gasteiger partial charge in [0, 0.05) is 15.6 Å². The minimum Gasteiger partial charge on any atom is -0.454 e. The van der Waals surface area contributed by atoms with Gasteiger partial charge in [-0.15, -0.1) is 0 Å². The van der Waals surface area contributed by atoms with Crippen molar-refractivity contribution in [2.75, 3.05) is 18.5 Å². The van der Waals surface area contributed by atoms with E-state index in [1.807, 2.05) is 6.07 Å². The Morgan fingerprint density at radius 2 is 1.71 bits per heavy atom. The zero-order valence-corrected chi connectivity index (χ0v) is 17.3. The lowest BCUT2D eigenvalue weighted by Crippen LogP contribution is -2.54. The molecule has 0 radical (unpaired) electrons. The van der Waals surface area contributed by atoms with E-state index in [-0.39, 0.29) is 24.5 Å². The second-order valence-corrected chi connectivity index (χ2v) is 9.52. The molecule has 0 aliphatic heterocycles. The molecule has 1 aromatic carbocycles. The first kappa shape index (κ1) is 19.4. The summed E-state index contributed by atoms with van der Waals surface area (Å²) >= 11 is 3.33. The number of hydrogen-bond acceptors (Lipinski definition) is 4. The molecule has 0 heterocycles. The van der Waals surface area contributed by atoms with Crippen molar-refractivity contribution < 1.29 is 19.1 Å². The van der Waals surface area contributed by atoms with Gasteiger partial charge in [0.1, 0.15) is 6.54 Å². The third-order valence-electron chi connectivity index (χ3n) is 6.39. The van der Waals surface area contributed by atoms with Crippen LogP contribution in [0.25, 0.3) is 0 Å². The maximum absolute atomic E-state index is 12.8. The van der Waals surface area contributed by atoms with Crippen LogP contribution in [0.2, 0.25) is 0 Å². The molecule has 2 N–H and O–H groups in total. The minimum atomic E-state index is -0.595. The van der Waals surface area contributed by atoms with E-state index in [1.165, 1.54) is 19.3 Å². The molecule has 4 bridgehead atoms. The highest BCUT2D eigenvalue weighted by molar-refractivity contribution is 9.10. The number of amides is 2. The number of ether oxygens (including phenoxy) is 1. The summed E-state index contributed by atoms with van der Waals surface area (Å²) < 4.78 is 5.84. The summed E-state index contributed by atoms with van der Waals surface area (Å²) in [5, 5.41) is 5.43. The number of benzene rings is 1. The zero-order chi connectivity index (χ0) is 19.7. The lowest BCUT2D eigenvalue weighted by Gasteiger charge is -2.55. The van der Waals surface area contributed by atoms with Gasteiger partial charge in [0.05, 0.1) is 0 Å². The summed E-state index contributed by atoms with van der Waals surface area (Å²) in [7, 11) is 0. The summed E-state index contributed by atoms with van der Waals surface area (Å²) in [6.07, 6.45) is 6.66. The average molecular weight is 449 g/mol. The second kappa shape index (κ2) is 7.85. The highest BCUT2D eigenvalue weighted by atomic mass is 79.9. The van der Waals surface area contributed by atoms with Crippen molar-refractivity contribution in [1.29, 1.82) is 0 Å². The van der Waals surface area contributed by atoms with Crippen molar-refractivity contribution in [3.8, 4) is 0 Å². The molecule has 0 unspecified atom stereocenters. The van der Waals surface area contributed by atoms with Gasteiger partial charge in [0.25, 0.3) is 5.91 Å². The molecule has 1 aromatic rings. The molecule has 0 aromatic heterocycles. The Labute approximate surface area is 172 Å². The molecule has 4 saturated carbocycles. The van der Waals surface area contributed by atoms with Crippen LogP contribution in [0.1, 0.15) is 38.5 Å². The van der Waals surface area contributed by atoms with Crippen LogP contribution < -0.4 is 10.6 Å². The van der Waals surface area contributed by atoms with E-state index >= 15 is 0 Å². The summed E-state index contributed by atoms with van der Waals surface area (Å²) in [5.74, 6) is 0.991. The standard InChI is InChI=1S/C21H25BrN2O4/c22-16-2-1-3-17(7-16)24-18(25)12-28-19(26)11-23-20(27)21-8-13-4-14(9-21)6-15(5-13)10-21/h1-3,7,13-15H,4-6,8-12H2,(H,23,27)(H,24,25). The smallest absolute Gasteiger partial charge is 0.325 e. The SMILES string of the molecule is O=C(COC(=O)CNC(=O)C12CC3CC(CC(C3)C1)C2)Nc1cccc(Br)c1. The third-order valence-corrected chi connectivity index (χ3v) is 6.88. The Balaban J connectivity index is 1.21. The number of esters is 1. The van der Waals surface area contributed by atoms with Crippen LogP contribution in [0.3, 0.4) is 0 Å². The molecule has 0 spiro atoms. The Morgan fingerprint density at radius 3 is 2.32 bits per heavy atom. The lowest BCUT2D eigenvalue weighted by molar-refractivity contribution is -0.152. The number of carbonyl (C=O) groups excluding carboxylic acids is 3. The fourth-order valence-electron chi connectivity index (χ4n) is 5.69. The average Bonchev–Trinajstić information content (AvgIpc) is 2.63. The van der Waals surface area contributed by atoms with Crippen LogP contribution in [0, 0.1) is 23.2 Å². The van der Waals surface area contributed by atoms with Gasteiger partial charge >= 0.3 is 5.97 Å². The van der Waals surface area contributed by atoms with Gasteiger partial charge < -0.3 is 15.4 Å². The number of nitrogens with one attached hydrogen (secondary N) is 2. The summed E-state index contributed by atoms with van der Waals surface area (Å²) in [5.41, 5.74) is 0.332. The highest BCUT2D eigenvalue weighted by Gasteiger charge is 2.54. The number of halogens is 1. The van der Waals surface area contributed by atoms with E-state index in [4.69, 9.17) is 4.74 Å². The van der Waals surface area contributed by atoms with Gasteiger partial charge in [-0.2, -0.15) is 0 Å². The van der Waals surface area contributed by atoms with Gasteiger partial charge in [-0.05, 0) is 74.5 Å². The molecule has 28 heavy (non-hydrogen) atoms. The van der Waals surface area contributed by atoms with Crippen molar-refractivity contribution in [2.45, 2.75) is 38.5 Å². The minimum absolute atomic E-state index is 0.0119. The summed E-state index contributed by atoms with van der Waals surface area (Å²) in [6, 6.07) is 7.15. The second-order valence-electron chi connectivity index (χ2n) is 8.60. The number of anilines is 1. The molecule has 4 aliphatic carbocycles. The van der Waals surface area contributed by atoms with Crippen molar-refractivity contribution in [3.05, 3.63) is 28.7 Å². The zero-order valence-electron chi connectivity index (χ0n) is 15.7. The molecule has 0 atom stereocenters. The molecule has 4 aliphatic rings. The topological polar surface area (TPSA) is 84.5 Å². The van der Waals surface area contributed by atoms with E-state index in [1.54, 1.807) is 18.2 Å². The van der Waals surface area contributed by atoms with Gasteiger partial charge in [0.15, 0.2) is 6.61 Å². The molecule has 5 rings (SSSR count).